The van der Waals surface area contributed by atoms with Crippen molar-refractivity contribution in [3.8, 4) is 0 Å². The van der Waals surface area contributed by atoms with Crippen LogP contribution in [0, 0.1) is 6.92 Å². The van der Waals surface area contributed by atoms with Gasteiger partial charge in [-0.3, -0.25) is 4.68 Å². The number of nitrogens with two attached hydrogens (primary N) is 1. The molecule has 0 bridgehead atoms. The minimum atomic E-state index is -1.01. The minimum absolute atomic E-state index is 0.121. The van der Waals surface area contributed by atoms with Gasteiger partial charge >= 0.3 is 0 Å². The summed E-state index contributed by atoms with van der Waals surface area (Å²) in [5, 5.41) is 39.0. The van der Waals surface area contributed by atoms with Crippen molar-refractivity contribution >= 4 is 22.9 Å². The molecule has 0 amide bonds. The van der Waals surface area contributed by atoms with Gasteiger partial charge in [0.2, 0.25) is 5.95 Å². The van der Waals surface area contributed by atoms with Gasteiger partial charge in [0.15, 0.2) is 11.5 Å². The van der Waals surface area contributed by atoms with Gasteiger partial charge in [0.25, 0.3) is 0 Å². The number of nitrogens with zero attached hydrogens (tertiary/aromatic N) is 6. The number of anilines is 2. The largest absolute Gasteiger partial charge is 0.391 e. The summed E-state index contributed by atoms with van der Waals surface area (Å²) in [4.78, 5) is 13.2. The lowest BCUT2D eigenvalue weighted by Gasteiger charge is -2.19. The van der Waals surface area contributed by atoms with E-state index < -0.39 is 24.4 Å². The van der Waals surface area contributed by atoms with E-state index in [9.17, 15) is 15.3 Å². The molecule has 2 aliphatic carbocycles. The molecule has 6 N–H and O–H groups in total. The number of aliphatic hydroxyl groups excluding tert-OH is 3. The first kappa shape index (κ1) is 19.2. The summed E-state index contributed by atoms with van der Waals surface area (Å²) >= 11 is 0. The Morgan fingerprint density at radius 2 is 1.93 bits per heavy atom. The van der Waals surface area contributed by atoms with Gasteiger partial charge in [0, 0.05) is 6.20 Å². The second-order valence-electron chi connectivity index (χ2n) is 8.35. The molecule has 2 fully saturated rings. The topological polar surface area (TPSA) is 160 Å². The zero-order valence-electron chi connectivity index (χ0n) is 16.6. The lowest BCUT2D eigenvalue weighted by Crippen LogP contribution is -2.30. The Balaban J connectivity index is 1.48. The van der Waals surface area contributed by atoms with Crippen LogP contribution in [0.1, 0.15) is 43.3 Å². The highest BCUT2D eigenvalue weighted by Crippen LogP contribution is 2.39. The summed E-state index contributed by atoms with van der Waals surface area (Å²) in [5.41, 5.74) is 8.01. The van der Waals surface area contributed by atoms with Crippen molar-refractivity contribution < 1.29 is 15.3 Å². The molecule has 30 heavy (non-hydrogen) atoms. The second kappa shape index (κ2) is 7.18. The third-order valence-electron chi connectivity index (χ3n) is 6.29. The Morgan fingerprint density at radius 3 is 2.63 bits per heavy atom. The van der Waals surface area contributed by atoms with Crippen LogP contribution in [-0.4, -0.2) is 69.0 Å². The van der Waals surface area contributed by atoms with Crippen LogP contribution in [0.25, 0.3) is 11.2 Å². The van der Waals surface area contributed by atoms with Gasteiger partial charge in [-0.1, -0.05) is 0 Å². The predicted molar refractivity (Wildman–Crippen MR) is 109 cm³/mol. The molecule has 2 aliphatic rings. The molecule has 0 aliphatic heterocycles. The van der Waals surface area contributed by atoms with E-state index in [0.717, 1.165) is 24.8 Å². The average Bonchev–Trinajstić information content (AvgIpc) is 3.47. The highest BCUT2D eigenvalue weighted by molar-refractivity contribution is 5.83. The SMILES string of the molecule is Cc1cnn(C2CC(n3cnc4c(N)nc(NC5CCCC5O)nc43)C(O)C2O)c1. The third-order valence-corrected chi connectivity index (χ3v) is 6.29. The number of rotatable bonds is 4. The lowest BCUT2D eigenvalue weighted by atomic mass is 10.2. The van der Waals surface area contributed by atoms with E-state index in [4.69, 9.17) is 5.73 Å². The van der Waals surface area contributed by atoms with Gasteiger partial charge in [0.1, 0.15) is 17.7 Å². The maximum absolute atomic E-state index is 10.8. The first-order valence-corrected chi connectivity index (χ1v) is 10.2. The molecule has 6 unspecified atom stereocenters. The fourth-order valence-electron chi connectivity index (χ4n) is 4.66. The number of nitrogen functional groups attached to an aromatic ring is 1. The van der Waals surface area contributed by atoms with E-state index in [1.54, 1.807) is 21.8 Å². The van der Waals surface area contributed by atoms with Crippen LogP contribution in [-0.2, 0) is 0 Å². The molecule has 11 heteroatoms. The molecule has 6 atom stereocenters. The molecule has 0 spiro atoms. The van der Waals surface area contributed by atoms with Gasteiger partial charge in [-0.15, -0.1) is 0 Å². The Labute approximate surface area is 172 Å². The van der Waals surface area contributed by atoms with Gasteiger partial charge < -0.3 is 30.9 Å². The summed E-state index contributed by atoms with van der Waals surface area (Å²) in [6.45, 7) is 1.93. The van der Waals surface area contributed by atoms with Gasteiger partial charge in [0.05, 0.1) is 36.8 Å². The number of aryl methyl sites for hydroxylation is 1. The Kier molecular flexibility index (Phi) is 4.60. The molecular formula is C19H26N8O3. The molecule has 3 heterocycles. The fourth-order valence-corrected chi connectivity index (χ4v) is 4.66. The zero-order chi connectivity index (χ0) is 21.0. The van der Waals surface area contributed by atoms with E-state index in [0.29, 0.717) is 23.5 Å². The van der Waals surface area contributed by atoms with Crippen LogP contribution in [0.2, 0.25) is 0 Å². The molecule has 0 saturated heterocycles. The molecule has 3 aromatic heterocycles. The van der Waals surface area contributed by atoms with Crippen molar-refractivity contribution in [1.82, 2.24) is 29.3 Å². The first-order valence-electron chi connectivity index (χ1n) is 10.2. The number of hydrogen-bond acceptors (Lipinski definition) is 9. The second-order valence-corrected chi connectivity index (χ2v) is 8.35. The molecule has 3 aromatic rings. The van der Waals surface area contributed by atoms with Crippen molar-refractivity contribution in [1.29, 1.82) is 0 Å². The van der Waals surface area contributed by atoms with E-state index in [1.165, 1.54) is 0 Å². The van der Waals surface area contributed by atoms with Gasteiger partial charge in [-0.2, -0.15) is 15.1 Å². The number of aromatic nitrogens is 6. The Bertz CT molecular complexity index is 1070. The van der Waals surface area contributed by atoms with Crippen LogP contribution in [0.15, 0.2) is 18.7 Å². The minimum Gasteiger partial charge on any atom is -0.391 e. The number of aliphatic hydroxyl groups is 3. The molecule has 0 aromatic carbocycles. The number of nitrogens with one attached hydrogen (secondary N) is 1. The van der Waals surface area contributed by atoms with Crippen molar-refractivity contribution in [3.63, 3.8) is 0 Å². The first-order chi connectivity index (χ1) is 14.4. The van der Waals surface area contributed by atoms with E-state index in [1.807, 2.05) is 13.1 Å². The molecule has 160 valence electrons. The van der Waals surface area contributed by atoms with Crippen molar-refractivity contribution in [2.45, 2.75) is 69.0 Å². The van der Waals surface area contributed by atoms with Crippen molar-refractivity contribution in [2.24, 2.45) is 0 Å². The maximum atomic E-state index is 10.8. The third kappa shape index (κ3) is 3.09. The summed E-state index contributed by atoms with van der Waals surface area (Å²) in [6, 6.07) is -0.926. The summed E-state index contributed by atoms with van der Waals surface area (Å²) in [6.07, 6.45) is 5.69. The molecule has 0 radical (unpaired) electrons. The predicted octanol–water partition coefficient (Wildman–Crippen LogP) is 0.147. The standard InChI is InChI=1S/C19H26N8O3/c1-9-6-22-27(7-9)12-5-11(15(29)16(12)30)26-8-21-14-17(20)24-19(25-18(14)26)23-10-3-2-4-13(10)28/h6-8,10-13,15-16,28-30H,2-5H2,1H3,(H3,20,23,24,25). The maximum Gasteiger partial charge on any atom is 0.227 e. The van der Waals surface area contributed by atoms with Gasteiger partial charge in [-0.05, 0) is 38.2 Å². The van der Waals surface area contributed by atoms with Crippen LogP contribution in [0.3, 0.4) is 0 Å². The highest BCUT2D eigenvalue weighted by Gasteiger charge is 2.44. The summed E-state index contributed by atoms with van der Waals surface area (Å²) in [5.74, 6) is 0.543. The molecular weight excluding hydrogens is 388 g/mol. The van der Waals surface area contributed by atoms with E-state index in [2.05, 4.69) is 25.4 Å². The van der Waals surface area contributed by atoms with Gasteiger partial charge in [-0.25, -0.2) is 4.98 Å². The molecule has 5 rings (SSSR count). The van der Waals surface area contributed by atoms with Crippen LogP contribution in [0.4, 0.5) is 11.8 Å². The normalized spacial score (nSPS) is 31.6. The fraction of sp³-hybridized carbons (Fsp3) is 0.579. The van der Waals surface area contributed by atoms with Crippen LogP contribution in [0.5, 0.6) is 0 Å². The molecule has 2 saturated carbocycles. The number of hydrogen-bond donors (Lipinski definition) is 5. The number of fused-ring (bicyclic) bond motifs is 1. The average molecular weight is 414 g/mol. The summed E-state index contributed by atoms with van der Waals surface area (Å²) in [7, 11) is 0. The quantitative estimate of drug-likeness (QED) is 0.400. The van der Waals surface area contributed by atoms with Crippen LogP contribution < -0.4 is 11.1 Å². The Hall–Kier alpha value is -2.76. The highest BCUT2D eigenvalue weighted by atomic mass is 16.3. The van der Waals surface area contributed by atoms with E-state index >= 15 is 0 Å². The van der Waals surface area contributed by atoms with Crippen molar-refractivity contribution in [3.05, 3.63) is 24.3 Å². The number of imidazole rings is 1. The van der Waals surface area contributed by atoms with Crippen LogP contribution >= 0.6 is 0 Å². The molecule has 11 nitrogen and oxygen atoms in total. The van der Waals surface area contributed by atoms with Crippen molar-refractivity contribution in [2.75, 3.05) is 11.1 Å². The Morgan fingerprint density at radius 1 is 1.13 bits per heavy atom. The summed E-state index contributed by atoms with van der Waals surface area (Å²) < 4.78 is 3.44. The lowest BCUT2D eigenvalue weighted by molar-refractivity contribution is 0.00722. The van der Waals surface area contributed by atoms with E-state index in [-0.39, 0.29) is 17.9 Å². The smallest absolute Gasteiger partial charge is 0.227 e. The zero-order valence-corrected chi connectivity index (χ0v) is 16.6. The monoisotopic (exact) mass is 414 g/mol.